The normalized spacial score (nSPS) is 14.1. The number of carbonyl (C=O) groups excluding carboxylic acids is 1. The third kappa shape index (κ3) is 58.1. The zero-order valence-corrected chi connectivity index (χ0v) is 50.7. The Balaban J connectivity index is 4.20. The molecule has 3 atom stereocenters. The summed E-state index contributed by atoms with van der Waals surface area (Å²) in [7, 11) is 1.55. The Morgan fingerprint density at radius 1 is 0.446 bits per heavy atom. The van der Waals surface area contributed by atoms with Gasteiger partial charge in [0.1, 0.15) is 13.2 Å². The third-order valence-electron chi connectivity index (χ3n) is 14.5. The van der Waals surface area contributed by atoms with Gasteiger partial charge in [-0.25, -0.2) is 4.57 Å². The van der Waals surface area contributed by atoms with Crippen LogP contribution in [0.1, 0.15) is 309 Å². The van der Waals surface area contributed by atoms with E-state index in [4.69, 9.17) is 9.05 Å². The van der Waals surface area contributed by atoms with Crippen molar-refractivity contribution in [3.8, 4) is 0 Å². The number of amides is 1. The largest absolute Gasteiger partial charge is 0.472 e. The first-order chi connectivity index (χ1) is 36.0. The van der Waals surface area contributed by atoms with Crippen molar-refractivity contribution < 1.29 is 32.9 Å². The van der Waals surface area contributed by atoms with E-state index in [2.05, 4.69) is 55.6 Å². The quantitative estimate of drug-likeness (QED) is 0.0243. The highest BCUT2D eigenvalue weighted by Crippen LogP contribution is 2.43. The average Bonchev–Trinajstić information content (AvgIpc) is 3.36. The number of carbonyl (C=O) groups is 1. The van der Waals surface area contributed by atoms with Crippen LogP contribution in [0.25, 0.3) is 0 Å². The Morgan fingerprint density at radius 2 is 0.743 bits per heavy atom. The van der Waals surface area contributed by atoms with Crippen LogP contribution in [0.5, 0.6) is 0 Å². The smallest absolute Gasteiger partial charge is 0.387 e. The van der Waals surface area contributed by atoms with Gasteiger partial charge in [0, 0.05) is 6.42 Å². The predicted octanol–water partition coefficient (Wildman–Crippen LogP) is 19.9. The van der Waals surface area contributed by atoms with Gasteiger partial charge in [0.2, 0.25) is 5.91 Å². The van der Waals surface area contributed by atoms with Crippen molar-refractivity contribution in [3.05, 3.63) is 48.6 Å². The van der Waals surface area contributed by atoms with E-state index in [1.54, 1.807) is 6.08 Å². The molecule has 0 aliphatic carbocycles. The second-order valence-corrected chi connectivity index (χ2v) is 24.6. The van der Waals surface area contributed by atoms with Gasteiger partial charge in [0.15, 0.2) is 0 Å². The molecule has 0 aliphatic heterocycles. The highest BCUT2D eigenvalue weighted by atomic mass is 31.2. The first-order valence-electron chi connectivity index (χ1n) is 32.0. The van der Waals surface area contributed by atoms with E-state index < -0.39 is 20.0 Å². The summed E-state index contributed by atoms with van der Waals surface area (Å²) in [5.41, 5.74) is 0. The van der Waals surface area contributed by atoms with Crippen molar-refractivity contribution >= 4 is 13.7 Å². The SMILES string of the molecule is CCCCCCCCCC/C=C\CCCCCCCCCCCCCCCC(=O)NC(COP(=O)(O)OCC[N+](C)(C)C)C(O)/C=C/CC/C=C/CC/C=C/CCCCCCCCCCCCCCCCCCC. The molecule has 8 nitrogen and oxygen atoms in total. The van der Waals surface area contributed by atoms with Gasteiger partial charge in [-0.2, -0.15) is 0 Å². The van der Waals surface area contributed by atoms with Gasteiger partial charge < -0.3 is 19.8 Å². The van der Waals surface area contributed by atoms with Gasteiger partial charge >= 0.3 is 7.82 Å². The lowest BCUT2D eigenvalue weighted by Crippen LogP contribution is -2.45. The summed E-state index contributed by atoms with van der Waals surface area (Å²) < 4.78 is 23.7. The number of allylic oxidation sites excluding steroid dienone is 7. The standard InChI is InChI=1S/C65H125N2O6P/c1-6-8-10-12-14-16-18-20-22-24-26-28-30-32-33-35-36-38-40-42-44-46-48-50-52-54-56-58-64(68)63(62-73-74(70,71)72-61-60-67(3,4)5)66-65(69)59-57-55-53-51-49-47-45-43-41-39-37-34-31-29-27-25-23-21-19-17-15-13-11-9-7-2/h25,27,40,42,48,50,56,58,63-64,68H,6-24,26,28-39,41,43-47,49,51-55,57,59-62H2,1-5H3,(H-,66,69,70,71)/p+1/b27-25-,42-40+,50-48+,58-56+. The number of phosphoric acid groups is 1. The van der Waals surface area contributed by atoms with Crippen molar-refractivity contribution in [1.29, 1.82) is 0 Å². The number of hydrogen-bond acceptors (Lipinski definition) is 5. The van der Waals surface area contributed by atoms with E-state index in [1.165, 1.54) is 244 Å². The topological polar surface area (TPSA) is 105 Å². The first kappa shape index (κ1) is 72.5. The van der Waals surface area contributed by atoms with Crippen LogP contribution in [-0.2, 0) is 18.4 Å². The van der Waals surface area contributed by atoms with Crippen LogP contribution in [0, 0.1) is 0 Å². The number of rotatable bonds is 59. The van der Waals surface area contributed by atoms with Crippen LogP contribution in [0.2, 0.25) is 0 Å². The molecular weight excluding hydrogens is 936 g/mol. The number of aliphatic hydroxyl groups is 1. The third-order valence-corrected chi connectivity index (χ3v) is 15.5. The molecule has 0 aliphatic rings. The molecule has 3 N–H and O–H groups in total. The summed E-state index contributed by atoms with van der Waals surface area (Å²) >= 11 is 0. The minimum absolute atomic E-state index is 0.0537. The second-order valence-electron chi connectivity index (χ2n) is 23.1. The fourth-order valence-corrected chi connectivity index (χ4v) is 10.2. The molecule has 0 saturated carbocycles. The molecular formula is C65H126N2O6P+. The fourth-order valence-electron chi connectivity index (χ4n) is 9.48. The molecule has 0 bridgehead atoms. The Kier molecular flexibility index (Phi) is 55.0. The lowest BCUT2D eigenvalue weighted by molar-refractivity contribution is -0.870. The molecule has 0 heterocycles. The molecule has 3 unspecified atom stereocenters. The van der Waals surface area contributed by atoms with E-state index >= 15 is 0 Å². The van der Waals surface area contributed by atoms with Gasteiger partial charge in [-0.3, -0.25) is 13.8 Å². The molecule has 436 valence electrons. The van der Waals surface area contributed by atoms with E-state index in [9.17, 15) is 19.4 Å². The fraction of sp³-hybridized carbons (Fsp3) is 0.862. The van der Waals surface area contributed by atoms with Crippen LogP contribution in [0.15, 0.2) is 48.6 Å². The number of nitrogens with zero attached hydrogens (tertiary/aromatic N) is 1. The summed E-state index contributed by atoms with van der Waals surface area (Å²) in [6, 6.07) is -0.871. The number of aliphatic hydroxyl groups excluding tert-OH is 1. The predicted molar refractivity (Wildman–Crippen MR) is 323 cm³/mol. The Labute approximate surface area is 460 Å². The summed E-state index contributed by atoms with van der Waals surface area (Å²) in [5, 5.41) is 14.0. The summed E-state index contributed by atoms with van der Waals surface area (Å²) in [6.07, 6.45) is 75.3. The number of hydrogen-bond donors (Lipinski definition) is 3. The molecule has 0 aromatic rings. The zero-order valence-electron chi connectivity index (χ0n) is 49.8. The summed E-state index contributed by atoms with van der Waals surface area (Å²) in [4.78, 5) is 23.4. The van der Waals surface area contributed by atoms with Crippen molar-refractivity contribution in [2.24, 2.45) is 0 Å². The van der Waals surface area contributed by atoms with E-state index in [1.807, 2.05) is 27.2 Å². The van der Waals surface area contributed by atoms with Crippen LogP contribution in [0.4, 0.5) is 0 Å². The van der Waals surface area contributed by atoms with Gasteiger partial charge in [0.05, 0.1) is 39.9 Å². The molecule has 0 fully saturated rings. The van der Waals surface area contributed by atoms with Crippen molar-refractivity contribution in [1.82, 2.24) is 5.32 Å². The maximum absolute atomic E-state index is 13.0. The summed E-state index contributed by atoms with van der Waals surface area (Å²) in [6.45, 7) is 4.83. The summed E-state index contributed by atoms with van der Waals surface area (Å²) in [5.74, 6) is -0.187. The molecule has 74 heavy (non-hydrogen) atoms. The Morgan fingerprint density at radius 3 is 1.08 bits per heavy atom. The van der Waals surface area contributed by atoms with Gasteiger partial charge in [-0.1, -0.05) is 281 Å². The first-order valence-corrected chi connectivity index (χ1v) is 33.5. The van der Waals surface area contributed by atoms with Gasteiger partial charge in [-0.15, -0.1) is 0 Å². The Bertz CT molecular complexity index is 1340. The van der Waals surface area contributed by atoms with Crippen molar-refractivity contribution in [2.45, 2.75) is 321 Å². The minimum Gasteiger partial charge on any atom is -0.387 e. The molecule has 9 heteroatoms. The molecule has 0 rings (SSSR count). The van der Waals surface area contributed by atoms with E-state index in [0.717, 1.165) is 44.9 Å². The van der Waals surface area contributed by atoms with E-state index in [-0.39, 0.29) is 19.1 Å². The molecule has 0 spiro atoms. The van der Waals surface area contributed by atoms with Crippen LogP contribution < -0.4 is 5.32 Å². The molecule has 0 aromatic carbocycles. The second kappa shape index (κ2) is 56.2. The number of phosphoric ester groups is 1. The number of nitrogens with one attached hydrogen (secondary N) is 1. The maximum Gasteiger partial charge on any atom is 0.472 e. The highest BCUT2D eigenvalue weighted by molar-refractivity contribution is 7.47. The van der Waals surface area contributed by atoms with Crippen LogP contribution in [0.3, 0.4) is 0 Å². The average molecular weight is 1060 g/mol. The maximum atomic E-state index is 13.0. The molecule has 0 aromatic heterocycles. The van der Waals surface area contributed by atoms with E-state index in [0.29, 0.717) is 17.4 Å². The minimum atomic E-state index is -4.36. The lowest BCUT2D eigenvalue weighted by Gasteiger charge is -2.25. The van der Waals surface area contributed by atoms with Crippen LogP contribution in [-0.4, -0.2) is 73.4 Å². The Hall–Kier alpha value is -1.54. The van der Waals surface area contributed by atoms with Crippen molar-refractivity contribution in [2.75, 3.05) is 40.9 Å². The number of unbranched alkanes of at least 4 members (excludes halogenated alkanes) is 40. The molecule has 0 radical (unpaired) electrons. The zero-order chi connectivity index (χ0) is 54.2. The van der Waals surface area contributed by atoms with Crippen LogP contribution >= 0.6 is 7.82 Å². The van der Waals surface area contributed by atoms with Gasteiger partial charge in [0.25, 0.3) is 0 Å². The number of likely N-dealkylation sites (N-methyl/N-ethyl adjacent to an activating group) is 1. The molecule has 1 amide bonds. The molecule has 0 saturated heterocycles. The highest BCUT2D eigenvalue weighted by Gasteiger charge is 2.27. The lowest BCUT2D eigenvalue weighted by atomic mass is 10.0. The monoisotopic (exact) mass is 1060 g/mol. The van der Waals surface area contributed by atoms with Gasteiger partial charge in [-0.05, 0) is 70.6 Å². The number of quaternary nitrogens is 1. The van der Waals surface area contributed by atoms with Crippen molar-refractivity contribution in [3.63, 3.8) is 0 Å².